The molecule has 1 aliphatic heterocycles. The summed E-state index contributed by atoms with van der Waals surface area (Å²) in [5.41, 5.74) is 0.977. The van der Waals surface area contributed by atoms with Crippen LogP contribution in [0.15, 0.2) is 23.2 Å². The molecule has 1 aromatic rings. The molecular weight excluding hydrogens is 256 g/mol. The van der Waals surface area contributed by atoms with Crippen LogP contribution in [0.3, 0.4) is 0 Å². The number of hydrogen-bond donors (Lipinski definition) is 1. The fourth-order valence-corrected chi connectivity index (χ4v) is 2.69. The van der Waals surface area contributed by atoms with E-state index in [2.05, 4.69) is 10.3 Å². The van der Waals surface area contributed by atoms with Crippen LogP contribution in [0, 0.1) is 0 Å². The van der Waals surface area contributed by atoms with E-state index >= 15 is 0 Å². The van der Waals surface area contributed by atoms with Crippen LogP contribution in [0.1, 0.15) is 12.0 Å². The fraction of sp³-hybridized carbons (Fsp3) is 0.417. The highest BCUT2D eigenvalue weighted by atomic mass is 35.5. The van der Waals surface area contributed by atoms with Crippen molar-refractivity contribution in [1.82, 2.24) is 5.32 Å². The number of halogens is 1. The molecule has 1 aliphatic rings. The first-order valence-electron chi connectivity index (χ1n) is 5.54. The summed E-state index contributed by atoms with van der Waals surface area (Å²) in [6, 6.07) is 5.67. The van der Waals surface area contributed by atoms with Gasteiger partial charge in [-0.05, 0) is 18.6 Å². The molecule has 0 bridgehead atoms. The molecule has 92 valence electrons. The lowest BCUT2D eigenvalue weighted by Gasteiger charge is -2.15. The zero-order chi connectivity index (χ0) is 12.1. The minimum absolute atomic E-state index is 0.648. The van der Waals surface area contributed by atoms with Crippen LogP contribution >= 0.6 is 23.4 Å². The molecule has 0 aromatic heterocycles. The smallest absolute Gasteiger partial charge is 0.156 e. The Labute approximate surface area is 111 Å². The average molecular weight is 271 g/mol. The quantitative estimate of drug-likeness (QED) is 0.917. The van der Waals surface area contributed by atoms with Crippen molar-refractivity contribution in [2.24, 2.45) is 4.99 Å². The van der Waals surface area contributed by atoms with Gasteiger partial charge < -0.3 is 10.1 Å². The summed E-state index contributed by atoms with van der Waals surface area (Å²) < 4.78 is 5.29. The highest BCUT2D eigenvalue weighted by molar-refractivity contribution is 8.13. The third-order valence-electron chi connectivity index (χ3n) is 2.51. The van der Waals surface area contributed by atoms with Crippen LogP contribution in [-0.2, 0) is 6.54 Å². The van der Waals surface area contributed by atoms with Gasteiger partial charge in [-0.3, -0.25) is 4.99 Å². The maximum Gasteiger partial charge on any atom is 0.156 e. The van der Waals surface area contributed by atoms with Crippen molar-refractivity contribution in [2.45, 2.75) is 13.0 Å². The Kier molecular flexibility index (Phi) is 4.57. The molecule has 1 N–H and O–H groups in total. The molecule has 0 amide bonds. The van der Waals surface area contributed by atoms with Gasteiger partial charge in [0, 0.05) is 29.4 Å². The maximum atomic E-state index is 6.16. The lowest BCUT2D eigenvalue weighted by atomic mass is 10.2. The molecule has 0 fully saturated rings. The number of nitrogens with zero attached hydrogens (tertiary/aromatic N) is 1. The van der Waals surface area contributed by atoms with E-state index in [1.807, 2.05) is 18.2 Å². The minimum Gasteiger partial charge on any atom is -0.496 e. The first-order valence-corrected chi connectivity index (χ1v) is 6.90. The first kappa shape index (κ1) is 12.6. The normalized spacial score (nSPS) is 15.3. The molecule has 1 heterocycles. The number of hydrogen-bond acceptors (Lipinski definition) is 4. The van der Waals surface area contributed by atoms with Crippen molar-refractivity contribution in [3.63, 3.8) is 0 Å². The lowest BCUT2D eigenvalue weighted by Crippen LogP contribution is -2.23. The van der Waals surface area contributed by atoms with Crippen molar-refractivity contribution < 1.29 is 4.74 Å². The zero-order valence-corrected chi connectivity index (χ0v) is 11.3. The van der Waals surface area contributed by atoms with Crippen molar-refractivity contribution >= 4 is 28.5 Å². The Balaban J connectivity index is 2.05. The van der Waals surface area contributed by atoms with E-state index in [1.165, 1.54) is 0 Å². The van der Waals surface area contributed by atoms with Crippen molar-refractivity contribution in [1.29, 1.82) is 0 Å². The number of thioether (sulfide) groups is 1. The van der Waals surface area contributed by atoms with Gasteiger partial charge in [0.15, 0.2) is 5.17 Å². The molecule has 2 rings (SSSR count). The predicted molar refractivity (Wildman–Crippen MR) is 74.2 cm³/mol. The number of methoxy groups -OCH3 is 1. The van der Waals surface area contributed by atoms with E-state index in [4.69, 9.17) is 16.3 Å². The Bertz CT molecular complexity index is 423. The minimum atomic E-state index is 0.648. The molecule has 5 heteroatoms. The molecule has 0 unspecified atom stereocenters. The summed E-state index contributed by atoms with van der Waals surface area (Å²) in [5, 5.41) is 5.02. The summed E-state index contributed by atoms with van der Waals surface area (Å²) in [4.78, 5) is 4.41. The number of aliphatic imine (C=N–C) groups is 1. The number of rotatable bonds is 3. The molecule has 0 saturated heterocycles. The topological polar surface area (TPSA) is 33.6 Å². The van der Waals surface area contributed by atoms with E-state index in [0.717, 1.165) is 40.2 Å². The fourth-order valence-electron chi connectivity index (χ4n) is 1.63. The van der Waals surface area contributed by atoms with E-state index < -0.39 is 0 Å². The van der Waals surface area contributed by atoms with E-state index in [9.17, 15) is 0 Å². The largest absolute Gasteiger partial charge is 0.496 e. The second kappa shape index (κ2) is 6.17. The van der Waals surface area contributed by atoms with Crippen LogP contribution in [0.25, 0.3) is 0 Å². The van der Waals surface area contributed by atoms with Crippen molar-refractivity contribution in [2.75, 3.05) is 19.4 Å². The van der Waals surface area contributed by atoms with Crippen LogP contribution in [0.5, 0.6) is 5.75 Å². The van der Waals surface area contributed by atoms with Crippen LogP contribution in [0.4, 0.5) is 0 Å². The summed E-state index contributed by atoms with van der Waals surface area (Å²) in [7, 11) is 1.65. The summed E-state index contributed by atoms with van der Waals surface area (Å²) >= 11 is 7.92. The van der Waals surface area contributed by atoms with Crippen LogP contribution < -0.4 is 10.1 Å². The third-order valence-corrected chi connectivity index (χ3v) is 3.90. The molecule has 0 atom stereocenters. The second-order valence-electron chi connectivity index (χ2n) is 3.66. The van der Waals surface area contributed by atoms with Gasteiger partial charge in [0.25, 0.3) is 0 Å². The number of ether oxygens (including phenoxy) is 1. The molecule has 0 spiro atoms. The highest BCUT2D eigenvalue weighted by Crippen LogP contribution is 2.26. The van der Waals surface area contributed by atoms with Gasteiger partial charge >= 0.3 is 0 Å². The Morgan fingerprint density at radius 2 is 2.41 bits per heavy atom. The Hall–Kier alpha value is -0.870. The van der Waals surface area contributed by atoms with Crippen molar-refractivity contribution in [3.8, 4) is 5.75 Å². The SMILES string of the molecule is COc1cccc(Cl)c1CNC1=NCCCS1. The molecule has 17 heavy (non-hydrogen) atoms. The molecule has 3 nitrogen and oxygen atoms in total. The van der Waals surface area contributed by atoms with E-state index in [1.54, 1.807) is 18.9 Å². The molecular formula is C12H15ClN2OS. The van der Waals surface area contributed by atoms with Gasteiger partial charge in [-0.15, -0.1) is 0 Å². The van der Waals surface area contributed by atoms with Gasteiger partial charge in [-0.25, -0.2) is 0 Å². The second-order valence-corrected chi connectivity index (χ2v) is 5.15. The van der Waals surface area contributed by atoms with Gasteiger partial charge in [0.2, 0.25) is 0 Å². The van der Waals surface area contributed by atoms with E-state index in [-0.39, 0.29) is 0 Å². The predicted octanol–water partition coefficient (Wildman–Crippen LogP) is 2.93. The average Bonchev–Trinajstić information content (AvgIpc) is 2.38. The maximum absolute atomic E-state index is 6.16. The zero-order valence-electron chi connectivity index (χ0n) is 9.70. The number of amidine groups is 1. The summed E-state index contributed by atoms with van der Waals surface area (Å²) in [6.45, 7) is 1.56. The monoisotopic (exact) mass is 270 g/mol. The van der Waals surface area contributed by atoms with Crippen LogP contribution in [-0.4, -0.2) is 24.6 Å². The molecule has 0 radical (unpaired) electrons. The highest BCUT2D eigenvalue weighted by Gasteiger charge is 2.10. The summed E-state index contributed by atoms with van der Waals surface area (Å²) in [6.07, 6.45) is 1.16. The van der Waals surface area contributed by atoms with E-state index in [0.29, 0.717) is 6.54 Å². The van der Waals surface area contributed by atoms with Gasteiger partial charge in [0.05, 0.1) is 7.11 Å². The molecule has 0 aliphatic carbocycles. The van der Waals surface area contributed by atoms with Gasteiger partial charge in [-0.2, -0.15) is 0 Å². The number of nitrogens with one attached hydrogen (secondary N) is 1. The Morgan fingerprint density at radius 3 is 3.12 bits per heavy atom. The van der Waals surface area contributed by atoms with Gasteiger partial charge in [-0.1, -0.05) is 29.4 Å². The standard InChI is InChI=1S/C12H15ClN2OS/c1-16-11-5-2-4-10(13)9(11)8-15-12-14-6-3-7-17-12/h2,4-5H,3,6-8H2,1H3,(H,14,15). The third kappa shape index (κ3) is 3.30. The number of benzene rings is 1. The van der Waals surface area contributed by atoms with Crippen LogP contribution in [0.2, 0.25) is 5.02 Å². The van der Waals surface area contributed by atoms with Crippen molar-refractivity contribution in [3.05, 3.63) is 28.8 Å². The lowest BCUT2D eigenvalue weighted by molar-refractivity contribution is 0.409. The van der Waals surface area contributed by atoms with Gasteiger partial charge in [0.1, 0.15) is 5.75 Å². The Morgan fingerprint density at radius 1 is 1.53 bits per heavy atom. The first-order chi connectivity index (χ1) is 8.31. The summed E-state index contributed by atoms with van der Waals surface area (Å²) in [5.74, 6) is 1.94. The molecule has 0 saturated carbocycles. The molecule has 1 aromatic carbocycles.